The van der Waals surface area contributed by atoms with E-state index in [1.807, 2.05) is 13.1 Å². The summed E-state index contributed by atoms with van der Waals surface area (Å²) >= 11 is 0. The highest BCUT2D eigenvalue weighted by atomic mass is 16.1. The Hall–Kier alpha value is -1.87. The van der Waals surface area contributed by atoms with Gasteiger partial charge in [-0.15, -0.1) is 0 Å². The van der Waals surface area contributed by atoms with E-state index in [1.54, 1.807) is 6.07 Å². The Morgan fingerprint density at radius 3 is 2.50 bits per heavy atom. The molecule has 0 spiro atoms. The number of nitrogens with zero attached hydrogens (tertiary/aromatic N) is 1. The fraction of sp³-hybridized carbons (Fsp3) is 0.421. The number of rotatable bonds is 4. The molecular formula is C19H24N2O. The number of aryl methyl sites for hydroxylation is 2. The SMILES string of the molecule is Cc1ccc(-n2cc(CNC3CCCC3)c(=O)cc2C)cc1. The fourth-order valence-corrected chi connectivity index (χ4v) is 3.17. The van der Waals surface area contributed by atoms with E-state index in [-0.39, 0.29) is 5.43 Å². The lowest BCUT2D eigenvalue weighted by Crippen LogP contribution is -2.28. The fourth-order valence-electron chi connectivity index (χ4n) is 3.17. The summed E-state index contributed by atoms with van der Waals surface area (Å²) in [6, 6.07) is 10.7. The normalized spacial score (nSPS) is 15.4. The Labute approximate surface area is 132 Å². The second-order valence-electron chi connectivity index (χ2n) is 6.37. The Balaban J connectivity index is 1.85. The summed E-state index contributed by atoms with van der Waals surface area (Å²) in [7, 11) is 0. The van der Waals surface area contributed by atoms with Crippen LogP contribution in [0.25, 0.3) is 5.69 Å². The molecule has 0 radical (unpaired) electrons. The molecular weight excluding hydrogens is 272 g/mol. The zero-order chi connectivity index (χ0) is 15.5. The van der Waals surface area contributed by atoms with E-state index in [2.05, 4.69) is 41.1 Å². The summed E-state index contributed by atoms with van der Waals surface area (Å²) in [4.78, 5) is 12.2. The number of hydrogen-bond acceptors (Lipinski definition) is 2. The lowest BCUT2D eigenvalue weighted by molar-refractivity contribution is 0.522. The van der Waals surface area contributed by atoms with Crippen molar-refractivity contribution in [3.05, 3.63) is 63.6 Å². The Bertz CT molecular complexity index is 694. The van der Waals surface area contributed by atoms with Gasteiger partial charge in [0.1, 0.15) is 0 Å². The number of nitrogens with one attached hydrogen (secondary N) is 1. The van der Waals surface area contributed by atoms with Crippen molar-refractivity contribution >= 4 is 0 Å². The van der Waals surface area contributed by atoms with E-state index in [0.29, 0.717) is 12.6 Å². The van der Waals surface area contributed by atoms with Crippen molar-refractivity contribution in [1.82, 2.24) is 9.88 Å². The highest BCUT2D eigenvalue weighted by Gasteiger charge is 2.15. The van der Waals surface area contributed by atoms with Gasteiger partial charge in [0.25, 0.3) is 0 Å². The molecule has 3 heteroatoms. The van der Waals surface area contributed by atoms with Crippen LogP contribution >= 0.6 is 0 Å². The van der Waals surface area contributed by atoms with Crippen molar-refractivity contribution in [3.8, 4) is 5.69 Å². The third-order valence-corrected chi connectivity index (χ3v) is 4.57. The van der Waals surface area contributed by atoms with Crippen LogP contribution in [-0.4, -0.2) is 10.6 Å². The first-order chi connectivity index (χ1) is 10.6. The van der Waals surface area contributed by atoms with Crippen LogP contribution in [-0.2, 0) is 6.54 Å². The molecule has 22 heavy (non-hydrogen) atoms. The molecule has 0 amide bonds. The predicted molar refractivity (Wildman–Crippen MR) is 90.6 cm³/mol. The van der Waals surface area contributed by atoms with Gasteiger partial charge in [0.15, 0.2) is 5.43 Å². The van der Waals surface area contributed by atoms with Crippen molar-refractivity contribution in [2.75, 3.05) is 0 Å². The average molecular weight is 296 g/mol. The third-order valence-electron chi connectivity index (χ3n) is 4.57. The second kappa shape index (κ2) is 6.49. The van der Waals surface area contributed by atoms with Crippen LogP contribution in [0.5, 0.6) is 0 Å². The van der Waals surface area contributed by atoms with Crippen molar-refractivity contribution in [3.63, 3.8) is 0 Å². The minimum Gasteiger partial charge on any atom is -0.321 e. The first-order valence-corrected chi connectivity index (χ1v) is 8.16. The van der Waals surface area contributed by atoms with Crippen LogP contribution in [0, 0.1) is 13.8 Å². The Kier molecular flexibility index (Phi) is 4.44. The summed E-state index contributed by atoms with van der Waals surface area (Å²) in [6.07, 6.45) is 7.07. The number of aromatic nitrogens is 1. The minimum atomic E-state index is 0.131. The van der Waals surface area contributed by atoms with Gasteiger partial charge < -0.3 is 9.88 Å². The van der Waals surface area contributed by atoms with Crippen LogP contribution in [0.3, 0.4) is 0 Å². The molecule has 1 N–H and O–H groups in total. The zero-order valence-corrected chi connectivity index (χ0v) is 13.4. The van der Waals surface area contributed by atoms with Crippen LogP contribution < -0.4 is 10.7 Å². The maximum atomic E-state index is 12.2. The van der Waals surface area contributed by atoms with Gasteiger partial charge in [0.2, 0.25) is 0 Å². The summed E-state index contributed by atoms with van der Waals surface area (Å²) < 4.78 is 2.10. The molecule has 3 rings (SSSR count). The average Bonchev–Trinajstić information content (AvgIpc) is 3.01. The van der Waals surface area contributed by atoms with Gasteiger partial charge in [0.05, 0.1) is 0 Å². The van der Waals surface area contributed by atoms with E-state index >= 15 is 0 Å². The van der Waals surface area contributed by atoms with E-state index in [4.69, 9.17) is 0 Å². The van der Waals surface area contributed by atoms with Crippen LogP contribution in [0.2, 0.25) is 0 Å². The summed E-state index contributed by atoms with van der Waals surface area (Å²) in [5, 5.41) is 3.53. The smallest absolute Gasteiger partial charge is 0.186 e. The molecule has 1 heterocycles. The van der Waals surface area contributed by atoms with E-state index in [1.165, 1.54) is 31.2 Å². The largest absolute Gasteiger partial charge is 0.321 e. The summed E-state index contributed by atoms with van der Waals surface area (Å²) in [6.45, 7) is 4.73. The maximum Gasteiger partial charge on any atom is 0.186 e. The number of hydrogen-bond donors (Lipinski definition) is 1. The molecule has 1 aromatic heterocycles. The monoisotopic (exact) mass is 296 g/mol. The first kappa shape index (κ1) is 15.0. The molecule has 0 saturated heterocycles. The Morgan fingerprint density at radius 1 is 1.14 bits per heavy atom. The summed E-state index contributed by atoms with van der Waals surface area (Å²) in [5.74, 6) is 0. The van der Waals surface area contributed by atoms with Gasteiger partial charge in [-0.25, -0.2) is 0 Å². The summed E-state index contributed by atoms with van der Waals surface area (Å²) in [5.41, 5.74) is 4.29. The molecule has 3 nitrogen and oxygen atoms in total. The van der Waals surface area contributed by atoms with Gasteiger partial charge in [-0.3, -0.25) is 4.79 Å². The van der Waals surface area contributed by atoms with Gasteiger partial charge in [-0.2, -0.15) is 0 Å². The van der Waals surface area contributed by atoms with Crippen LogP contribution in [0.1, 0.15) is 42.5 Å². The highest BCUT2D eigenvalue weighted by molar-refractivity contribution is 5.37. The van der Waals surface area contributed by atoms with Crippen molar-refractivity contribution < 1.29 is 0 Å². The van der Waals surface area contributed by atoms with Crippen LogP contribution in [0.4, 0.5) is 0 Å². The molecule has 116 valence electrons. The topological polar surface area (TPSA) is 34.0 Å². The molecule has 0 atom stereocenters. The maximum absolute atomic E-state index is 12.2. The zero-order valence-electron chi connectivity index (χ0n) is 13.4. The Morgan fingerprint density at radius 2 is 1.82 bits per heavy atom. The van der Waals surface area contributed by atoms with Gasteiger partial charge in [-0.05, 0) is 38.8 Å². The van der Waals surface area contributed by atoms with Gasteiger partial charge in [-0.1, -0.05) is 30.5 Å². The second-order valence-corrected chi connectivity index (χ2v) is 6.37. The predicted octanol–water partition coefficient (Wildman–Crippen LogP) is 3.49. The quantitative estimate of drug-likeness (QED) is 0.937. The molecule has 1 aliphatic rings. The molecule has 0 aliphatic heterocycles. The molecule has 1 aromatic carbocycles. The van der Waals surface area contributed by atoms with Crippen molar-refractivity contribution in [2.45, 2.75) is 52.1 Å². The molecule has 1 aliphatic carbocycles. The number of pyridine rings is 1. The van der Waals surface area contributed by atoms with Crippen molar-refractivity contribution in [2.24, 2.45) is 0 Å². The molecule has 2 aromatic rings. The lowest BCUT2D eigenvalue weighted by Gasteiger charge is -2.15. The highest BCUT2D eigenvalue weighted by Crippen LogP contribution is 2.18. The van der Waals surface area contributed by atoms with Gasteiger partial charge in [0, 0.05) is 41.8 Å². The molecule has 1 saturated carbocycles. The van der Waals surface area contributed by atoms with E-state index in [9.17, 15) is 4.79 Å². The van der Waals surface area contributed by atoms with E-state index < -0.39 is 0 Å². The lowest BCUT2D eigenvalue weighted by atomic mass is 10.1. The first-order valence-electron chi connectivity index (χ1n) is 8.16. The molecule has 1 fully saturated rings. The molecule has 0 bridgehead atoms. The third kappa shape index (κ3) is 3.30. The van der Waals surface area contributed by atoms with Crippen LogP contribution in [0.15, 0.2) is 41.3 Å². The van der Waals surface area contributed by atoms with E-state index in [0.717, 1.165) is 16.9 Å². The van der Waals surface area contributed by atoms with Crippen molar-refractivity contribution in [1.29, 1.82) is 0 Å². The number of benzene rings is 1. The standard InChI is InChI=1S/C19H24N2O/c1-14-7-9-18(10-8-14)21-13-16(19(22)11-15(21)2)12-20-17-5-3-4-6-17/h7-11,13,17,20H,3-6,12H2,1-2H3. The minimum absolute atomic E-state index is 0.131. The molecule has 0 unspecified atom stereocenters. The van der Waals surface area contributed by atoms with Gasteiger partial charge >= 0.3 is 0 Å².